The maximum Gasteiger partial charge on any atom is 0.472 e. The molecule has 4 rings (SSSR count). The quantitative estimate of drug-likeness (QED) is 0.0471. The summed E-state index contributed by atoms with van der Waals surface area (Å²) in [6, 6.07) is 10.6. The Morgan fingerprint density at radius 1 is 0.982 bits per heavy atom. The predicted octanol–water partition coefficient (Wildman–Crippen LogP) is 6.59. The number of ether oxygens (including phenoxy) is 3. The fraction of sp³-hybridized carbons (Fsp3) is 0.641. The summed E-state index contributed by atoms with van der Waals surface area (Å²) in [6.07, 6.45) is 12.4. The monoisotopic (exact) mass is 802 g/mol. The van der Waals surface area contributed by atoms with Crippen LogP contribution >= 0.6 is 7.82 Å². The molecule has 5 N–H and O–H groups in total. The largest absolute Gasteiger partial charge is 0.472 e. The van der Waals surface area contributed by atoms with Crippen molar-refractivity contribution in [3.63, 3.8) is 0 Å². The summed E-state index contributed by atoms with van der Waals surface area (Å²) < 4.78 is 56.2. The van der Waals surface area contributed by atoms with Gasteiger partial charge in [-0.2, -0.15) is 15.6 Å². The molecule has 1 aliphatic rings. The standard InChI is InChI=1S/C39H56FN6O9P/c1-2-3-4-5-6-7-8-9-10-11-12-13-14-15-18-52-32(24-51-23-30-19-29(22-41)20-31(40)21-30)25-53-56(49,50)54-27-39(26-42)37(48)35(47)36(55-39)33-16-17-34-38(43)44-28-45-46(33)34/h16-17,19-21,28,32,35-37,47-48H,2-15,18,23-25,27H2,1H3,(H,49,50)(H2,43,44,45)/t32-,35+,36+,37+,39-/m1/s1. The second kappa shape index (κ2) is 23.0. The Morgan fingerprint density at radius 2 is 1.64 bits per heavy atom. The average Bonchev–Trinajstić information content (AvgIpc) is 3.73. The van der Waals surface area contributed by atoms with Gasteiger partial charge in [0.15, 0.2) is 5.82 Å². The summed E-state index contributed by atoms with van der Waals surface area (Å²) in [5.74, 6) is -0.428. The molecule has 0 radical (unpaired) electrons. The molecule has 56 heavy (non-hydrogen) atoms. The lowest BCUT2D eigenvalue weighted by atomic mass is 9.96. The van der Waals surface area contributed by atoms with Gasteiger partial charge in [-0.25, -0.2) is 18.5 Å². The van der Waals surface area contributed by atoms with E-state index in [9.17, 15) is 29.3 Å². The minimum absolute atomic E-state index is 0.0581. The number of nitriles is 2. The molecule has 1 fully saturated rings. The molecule has 1 aliphatic heterocycles. The zero-order valence-corrected chi connectivity index (χ0v) is 33.0. The van der Waals surface area contributed by atoms with Crippen molar-refractivity contribution in [3.8, 4) is 12.1 Å². The summed E-state index contributed by atoms with van der Waals surface area (Å²) in [4.78, 5) is 14.5. The van der Waals surface area contributed by atoms with Crippen molar-refractivity contribution in [2.45, 2.75) is 133 Å². The first kappa shape index (κ1) is 45.2. The van der Waals surface area contributed by atoms with Crippen molar-refractivity contribution in [1.82, 2.24) is 14.6 Å². The number of nitrogens with two attached hydrogens (primary N) is 1. The lowest BCUT2D eigenvalue weighted by Crippen LogP contribution is -2.45. The number of rotatable bonds is 27. The molecule has 0 aliphatic carbocycles. The average molecular weight is 803 g/mol. The normalized spacial score (nSPS) is 21.2. The predicted molar refractivity (Wildman–Crippen MR) is 204 cm³/mol. The highest BCUT2D eigenvalue weighted by Gasteiger charge is 2.57. The number of hydrogen-bond donors (Lipinski definition) is 4. The maximum absolute atomic E-state index is 13.9. The van der Waals surface area contributed by atoms with Crippen LogP contribution in [0.25, 0.3) is 5.52 Å². The molecule has 1 saturated heterocycles. The van der Waals surface area contributed by atoms with Crippen molar-refractivity contribution in [2.24, 2.45) is 0 Å². The van der Waals surface area contributed by atoms with Gasteiger partial charge >= 0.3 is 7.82 Å². The second-order valence-electron chi connectivity index (χ2n) is 14.3. The maximum atomic E-state index is 13.9. The highest BCUT2D eigenvalue weighted by molar-refractivity contribution is 7.47. The van der Waals surface area contributed by atoms with Gasteiger partial charge in [0.2, 0.25) is 5.60 Å². The SMILES string of the molecule is CCCCCCCCCCCCCCCCO[C@H](COCc1cc(F)cc(C#N)c1)COP(=O)(O)OC[C@@]1(C#N)O[C@@H](c2ccc3c(N)ncnn23)[C@H](O)[C@@H]1O. The van der Waals surface area contributed by atoms with Gasteiger partial charge < -0.3 is 35.1 Å². The van der Waals surface area contributed by atoms with Gasteiger partial charge in [-0.15, -0.1) is 0 Å². The Balaban J connectivity index is 1.25. The first-order valence-electron chi connectivity index (χ1n) is 19.6. The Kier molecular flexibility index (Phi) is 18.6. The summed E-state index contributed by atoms with van der Waals surface area (Å²) in [5.41, 5.74) is 4.86. The number of aromatic nitrogens is 3. The second-order valence-corrected chi connectivity index (χ2v) is 15.7. The number of nitrogen functional groups attached to an aromatic ring is 1. The number of anilines is 1. The van der Waals surface area contributed by atoms with Crippen LogP contribution in [-0.4, -0.2) is 80.0 Å². The van der Waals surface area contributed by atoms with E-state index >= 15 is 0 Å². The fourth-order valence-corrected chi connectivity index (χ4v) is 7.45. The van der Waals surface area contributed by atoms with E-state index in [4.69, 9.17) is 34.3 Å². The number of hydrogen-bond acceptors (Lipinski definition) is 13. The van der Waals surface area contributed by atoms with Gasteiger partial charge in [-0.3, -0.25) is 9.05 Å². The van der Waals surface area contributed by atoms with Crippen LogP contribution in [0.4, 0.5) is 10.2 Å². The summed E-state index contributed by atoms with van der Waals surface area (Å²) in [6.45, 7) is 1.01. The molecule has 308 valence electrons. The molecule has 0 saturated carbocycles. The number of phosphoric ester groups is 1. The molecule has 17 heteroatoms. The van der Waals surface area contributed by atoms with Crippen LogP contribution in [0.2, 0.25) is 0 Å². The third kappa shape index (κ3) is 13.5. The van der Waals surface area contributed by atoms with Crippen molar-refractivity contribution >= 4 is 19.2 Å². The smallest absolute Gasteiger partial charge is 0.387 e. The molecule has 1 aromatic carbocycles. The number of benzene rings is 1. The van der Waals surface area contributed by atoms with Crippen molar-refractivity contribution < 1.29 is 47.3 Å². The van der Waals surface area contributed by atoms with E-state index in [1.165, 1.54) is 93.3 Å². The van der Waals surface area contributed by atoms with Gasteiger partial charge in [0, 0.05) is 6.61 Å². The van der Waals surface area contributed by atoms with Gasteiger partial charge in [0.1, 0.15) is 54.8 Å². The van der Waals surface area contributed by atoms with Crippen LogP contribution in [0.1, 0.15) is 120 Å². The zero-order valence-electron chi connectivity index (χ0n) is 32.1. The van der Waals surface area contributed by atoms with E-state index in [0.29, 0.717) is 17.7 Å². The molecular formula is C39H56FN6O9P. The van der Waals surface area contributed by atoms with E-state index in [-0.39, 0.29) is 30.3 Å². The Morgan fingerprint density at radius 3 is 2.29 bits per heavy atom. The highest BCUT2D eigenvalue weighted by Crippen LogP contribution is 2.47. The number of unbranched alkanes of at least 4 members (excludes halogenated alkanes) is 13. The number of phosphoric acid groups is 1. The molecule has 3 aromatic rings. The highest BCUT2D eigenvalue weighted by atomic mass is 31.2. The lowest BCUT2D eigenvalue weighted by molar-refractivity contribution is -0.0785. The molecular weight excluding hydrogens is 746 g/mol. The van der Waals surface area contributed by atoms with E-state index in [2.05, 4.69) is 17.0 Å². The van der Waals surface area contributed by atoms with Crippen molar-refractivity contribution in [1.29, 1.82) is 10.5 Å². The van der Waals surface area contributed by atoms with Crippen LogP contribution in [0.5, 0.6) is 0 Å². The van der Waals surface area contributed by atoms with Gasteiger partial charge in [0.05, 0.1) is 37.1 Å². The minimum Gasteiger partial charge on any atom is -0.387 e. The first-order valence-corrected chi connectivity index (χ1v) is 21.1. The van der Waals surface area contributed by atoms with E-state index in [0.717, 1.165) is 31.7 Å². The van der Waals surface area contributed by atoms with Crippen LogP contribution in [0.3, 0.4) is 0 Å². The topological polar surface area (TPSA) is 228 Å². The fourth-order valence-electron chi connectivity index (χ4n) is 6.66. The summed E-state index contributed by atoms with van der Waals surface area (Å²) >= 11 is 0. The molecule has 0 amide bonds. The zero-order chi connectivity index (χ0) is 40.4. The van der Waals surface area contributed by atoms with Crippen LogP contribution in [-0.2, 0) is 34.4 Å². The van der Waals surface area contributed by atoms with Gasteiger partial charge in [-0.1, -0.05) is 90.4 Å². The molecule has 6 atom stereocenters. The Hall–Kier alpha value is -3.54. The number of aliphatic hydroxyl groups excluding tert-OH is 2. The van der Waals surface area contributed by atoms with Crippen LogP contribution in [0.15, 0.2) is 36.7 Å². The lowest BCUT2D eigenvalue weighted by Gasteiger charge is -2.26. The number of aliphatic hydroxyl groups is 2. The summed E-state index contributed by atoms with van der Waals surface area (Å²) in [5, 5.41) is 45.1. The van der Waals surface area contributed by atoms with E-state index in [1.54, 1.807) is 12.1 Å². The number of halogens is 1. The minimum atomic E-state index is -4.90. The third-order valence-electron chi connectivity index (χ3n) is 9.82. The van der Waals surface area contributed by atoms with Gasteiger partial charge in [0.25, 0.3) is 0 Å². The summed E-state index contributed by atoms with van der Waals surface area (Å²) in [7, 11) is -4.90. The Bertz CT molecular complexity index is 1790. The Labute approximate surface area is 328 Å². The third-order valence-corrected chi connectivity index (χ3v) is 10.7. The first-order chi connectivity index (χ1) is 27.0. The van der Waals surface area contributed by atoms with Crippen LogP contribution in [0, 0.1) is 28.5 Å². The van der Waals surface area contributed by atoms with E-state index < -0.39 is 56.9 Å². The van der Waals surface area contributed by atoms with E-state index in [1.807, 2.05) is 6.07 Å². The number of nitrogens with zero attached hydrogens (tertiary/aromatic N) is 5. The van der Waals surface area contributed by atoms with Crippen molar-refractivity contribution in [2.75, 3.05) is 32.2 Å². The molecule has 15 nitrogen and oxygen atoms in total. The van der Waals surface area contributed by atoms with Crippen molar-refractivity contribution in [3.05, 3.63) is 59.3 Å². The van der Waals surface area contributed by atoms with Crippen LogP contribution < -0.4 is 5.73 Å². The molecule has 1 unspecified atom stereocenters. The molecule has 0 spiro atoms. The molecule has 3 heterocycles. The molecule has 0 bridgehead atoms. The van der Waals surface area contributed by atoms with Gasteiger partial charge in [-0.05, 0) is 42.3 Å². The molecule has 2 aromatic heterocycles. The number of fused-ring (bicyclic) bond motifs is 1.